The molecule has 2 aromatic carbocycles. The lowest BCUT2D eigenvalue weighted by atomic mass is 9.89. The van der Waals surface area contributed by atoms with Crippen LogP contribution >= 0.6 is 0 Å². The number of anilines is 1. The predicted molar refractivity (Wildman–Crippen MR) is 98.0 cm³/mol. The maximum Gasteiger partial charge on any atom is 0.430 e. The topological polar surface area (TPSA) is 40.5 Å². The molecule has 1 aliphatic rings. The zero-order chi connectivity index (χ0) is 22.2. The molecule has 0 aliphatic carbocycles. The highest BCUT2D eigenvalue weighted by Gasteiger charge is 2.71. The summed E-state index contributed by atoms with van der Waals surface area (Å²) >= 11 is 0. The molecule has 30 heavy (non-hydrogen) atoms. The Morgan fingerprint density at radius 3 is 2.20 bits per heavy atom. The number of halogens is 6. The second-order valence-electron chi connectivity index (χ2n) is 7.19. The minimum atomic E-state index is -5.95. The van der Waals surface area contributed by atoms with Gasteiger partial charge in [-0.2, -0.15) is 26.3 Å². The third-order valence-electron chi connectivity index (χ3n) is 5.38. The number of carbonyl (C=O) groups excluding carboxylic acids is 1. The second kappa shape index (κ2) is 7.94. The molecule has 0 fully saturated rings. The van der Waals surface area contributed by atoms with Crippen molar-refractivity contribution in [2.24, 2.45) is 0 Å². The van der Waals surface area contributed by atoms with Crippen LogP contribution < -0.4 is 4.90 Å². The van der Waals surface area contributed by atoms with E-state index in [1.54, 1.807) is 4.90 Å². The smallest absolute Gasteiger partial charge is 0.369 e. The number of carbonyl (C=O) groups is 1. The Kier molecular flexibility index (Phi) is 5.86. The summed E-state index contributed by atoms with van der Waals surface area (Å²) in [6, 6.07) is 11.4. The van der Waals surface area contributed by atoms with Gasteiger partial charge in [-0.15, -0.1) is 0 Å². The number of aliphatic hydroxyl groups is 1. The van der Waals surface area contributed by atoms with Crippen molar-refractivity contribution in [1.82, 2.24) is 0 Å². The summed E-state index contributed by atoms with van der Waals surface area (Å²) in [5.41, 5.74) is -4.78. The summed E-state index contributed by atoms with van der Waals surface area (Å²) in [6.07, 6.45) is -9.99. The summed E-state index contributed by atoms with van der Waals surface area (Å²) in [5.74, 6) is 0. The Hall–Kier alpha value is -2.55. The Morgan fingerprint density at radius 1 is 1.00 bits per heavy atom. The van der Waals surface area contributed by atoms with Crippen LogP contribution in [0.3, 0.4) is 0 Å². The number of aryl methyl sites for hydroxylation is 1. The van der Waals surface area contributed by atoms with E-state index in [1.807, 2.05) is 30.3 Å². The molecule has 0 aromatic heterocycles. The number of fused-ring (bicyclic) bond motifs is 1. The Labute approximate surface area is 168 Å². The van der Waals surface area contributed by atoms with E-state index in [4.69, 9.17) is 0 Å². The van der Waals surface area contributed by atoms with Crippen molar-refractivity contribution in [3.63, 3.8) is 0 Å². The fourth-order valence-corrected chi connectivity index (χ4v) is 3.92. The van der Waals surface area contributed by atoms with Crippen LogP contribution in [0.4, 0.5) is 32.0 Å². The highest BCUT2D eigenvalue weighted by Crippen LogP contribution is 2.51. The Bertz CT molecular complexity index is 881. The fourth-order valence-electron chi connectivity index (χ4n) is 3.92. The van der Waals surface area contributed by atoms with Crippen molar-refractivity contribution < 1.29 is 36.2 Å². The molecule has 0 radical (unpaired) electrons. The lowest BCUT2D eigenvalue weighted by Gasteiger charge is -2.35. The summed E-state index contributed by atoms with van der Waals surface area (Å²) in [7, 11) is 0. The molecule has 0 spiro atoms. The van der Waals surface area contributed by atoms with Crippen molar-refractivity contribution in [2.45, 2.75) is 43.3 Å². The molecule has 0 saturated heterocycles. The Morgan fingerprint density at radius 2 is 1.63 bits per heavy atom. The van der Waals surface area contributed by atoms with Crippen molar-refractivity contribution >= 4 is 12.0 Å². The number of alkyl halides is 6. The SMILES string of the molecule is O=CCN1c2ccc(C(O)(C(F)(F)F)C(F)(F)F)cc2CCCC1c1ccccc1. The van der Waals surface area contributed by atoms with Crippen molar-refractivity contribution in [3.05, 3.63) is 65.2 Å². The van der Waals surface area contributed by atoms with Gasteiger partial charge in [-0.05, 0) is 36.5 Å². The van der Waals surface area contributed by atoms with Crippen molar-refractivity contribution in [3.8, 4) is 0 Å². The maximum absolute atomic E-state index is 13.3. The molecular formula is C21H19F6NO2. The second-order valence-corrected chi connectivity index (χ2v) is 7.19. The van der Waals surface area contributed by atoms with Crippen LogP contribution in [-0.4, -0.2) is 30.3 Å². The van der Waals surface area contributed by atoms with Gasteiger partial charge in [0.05, 0.1) is 12.6 Å². The molecule has 1 heterocycles. The summed E-state index contributed by atoms with van der Waals surface area (Å²) in [4.78, 5) is 13.0. The lowest BCUT2D eigenvalue weighted by molar-refractivity contribution is -0.376. The van der Waals surface area contributed by atoms with Crippen LogP contribution in [0, 0.1) is 0 Å². The number of benzene rings is 2. The summed E-state index contributed by atoms with van der Waals surface area (Å²) in [6.45, 7) is -0.0747. The minimum Gasteiger partial charge on any atom is -0.369 e. The maximum atomic E-state index is 13.3. The first-order valence-electron chi connectivity index (χ1n) is 9.25. The monoisotopic (exact) mass is 431 g/mol. The van der Waals surface area contributed by atoms with Gasteiger partial charge < -0.3 is 14.8 Å². The van der Waals surface area contributed by atoms with Crippen LogP contribution in [-0.2, 0) is 16.8 Å². The quantitative estimate of drug-likeness (QED) is 0.542. The molecule has 0 bridgehead atoms. The van der Waals surface area contributed by atoms with Crippen molar-refractivity contribution in [1.29, 1.82) is 0 Å². The molecule has 1 aliphatic heterocycles. The zero-order valence-electron chi connectivity index (χ0n) is 15.7. The van der Waals surface area contributed by atoms with Gasteiger partial charge in [-0.25, -0.2) is 0 Å². The van der Waals surface area contributed by atoms with Crippen LogP contribution in [0.2, 0.25) is 0 Å². The fraction of sp³-hybridized carbons (Fsp3) is 0.381. The van der Waals surface area contributed by atoms with E-state index < -0.39 is 23.5 Å². The van der Waals surface area contributed by atoms with Gasteiger partial charge in [0, 0.05) is 11.3 Å². The average molecular weight is 431 g/mol. The van der Waals surface area contributed by atoms with Gasteiger partial charge in [0.25, 0.3) is 5.60 Å². The van der Waals surface area contributed by atoms with E-state index in [9.17, 15) is 36.2 Å². The molecule has 3 nitrogen and oxygen atoms in total. The molecule has 1 unspecified atom stereocenters. The van der Waals surface area contributed by atoms with Crippen LogP contribution in [0.25, 0.3) is 0 Å². The van der Waals surface area contributed by atoms with Gasteiger partial charge >= 0.3 is 12.4 Å². The number of hydrogen-bond donors (Lipinski definition) is 1. The van der Waals surface area contributed by atoms with E-state index in [1.165, 1.54) is 0 Å². The molecule has 3 rings (SSSR count). The van der Waals surface area contributed by atoms with Gasteiger partial charge in [0.2, 0.25) is 0 Å². The minimum absolute atomic E-state index is 0.0747. The highest BCUT2D eigenvalue weighted by molar-refractivity contribution is 5.66. The Balaban J connectivity index is 2.12. The number of rotatable bonds is 4. The first kappa shape index (κ1) is 22.1. The first-order chi connectivity index (χ1) is 14.0. The zero-order valence-corrected chi connectivity index (χ0v) is 15.7. The van der Waals surface area contributed by atoms with Crippen LogP contribution in [0.1, 0.15) is 35.6 Å². The third kappa shape index (κ3) is 3.78. The number of nitrogens with zero attached hydrogens (tertiary/aromatic N) is 1. The molecule has 1 N–H and O–H groups in total. The van der Waals surface area contributed by atoms with Crippen LogP contribution in [0.5, 0.6) is 0 Å². The normalized spacial score (nSPS) is 18.0. The molecular weight excluding hydrogens is 412 g/mol. The molecule has 162 valence electrons. The summed E-state index contributed by atoms with van der Waals surface area (Å²) in [5, 5.41) is 9.71. The van der Waals surface area contributed by atoms with E-state index in [-0.39, 0.29) is 24.6 Å². The summed E-state index contributed by atoms with van der Waals surface area (Å²) < 4.78 is 79.5. The number of aldehydes is 1. The number of hydrogen-bond acceptors (Lipinski definition) is 3. The molecule has 0 saturated carbocycles. The van der Waals surface area contributed by atoms with Gasteiger partial charge in [0.15, 0.2) is 0 Å². The molecule has 9 heteroatoms. The van der Waals surface area contributed by atoms with Gasteiger partial charge in [-0.1, -0.05) is 42.5 Å². The average Bonchev–Trinajstić information content (AvgIpc) is 2.85. The molecule has 2 aromatic rings. The standard InChI is InChI=1S/C21H19F6NO2/c22-20(23,24)19(30,21(25,26)27)16-9-10-18-15(13-16)7-4-8-17(28(18)11-12-29)14-5-2-1-3-6-14/h1-3,5-6,9-10,12-13,17,30H,4,7-8,11H2. The van der Waals surface area contributed by atoms with E-state index in [0.29, 0.717) is 30.9 Å². The van der Waals surface area contributed by atoms with Crippen LogP contribution in [0.15, 0.2) is 48.5 Å². The van der Waals surface area contributed by atoms with Gasteiger partial charge in [-0.3, -0.25) is 0 Å². The lowest BCUT2D eigenvalue weighted by Crippen LogP contribution is -2.54. The molecule has 1 atom stereocenters. The van der Waals surface area contributed by atoms with Gasteiger partial charge in [0.1, 0.15) is 6.29 Å². The highest BCUT2D eigenvalue weighted by atomic mass is 19.4. The van der Waals surface area contributed by atoms with Crippen molar-refractivity contribution in [2.75, 3.05) is 11.4 Å². The first-order valence-corrected chi connectivity index (χ1v) is 9.25. The third-order valence-corrected chi connectivity index (χ3v) is 5.38. The van der Waals surface area contributed by atoms with E-state index >= 15 is 0 Å². The predicted octanol–water partition coefficient (Wildman–Crippen LogP) is 5.08. The largest absolute Gasteiger partial charge is 0.430 e. The van der Waals surface area contributed by atoms with E-state index in [0.717, 1.165) is 17.7 Å². The molecule has 0 amide bonds. The van der Waals surface area contributed by atoms with E-state index in [2.05, 4.69) is 0 Å².